The minimum atomic E-state index is 0.269. The van der Waals surface area contributed by atoms with E-state index in [1.54, 1.807) is 6.20 Å². The van der Waals surface area contributed by atoms with Gasteiger partial charge in [-0.1, -0.05) is 30.0 Å². The first-order valence-corrected chi connectivity index (χ1v) is 8.23. The predicted octanol–water partition coefficient (Wildman–Crippen LogP) is 3.95. The van der Waals surface area contributed by atoms with Gasteiger partial charge in [0.1, 0.15) is 5.75 Å². The molecule has 0 fully saturated rings. The third-order valence-electron chi connectivity index (χ3n) is 3.23. The van der Waals surface area contributed by atoms with Gasteiger partial charge in [-0.2, -0.15) is 0 Å². The molecule has 3 aromatic rings. The van der Waals surface area contributed by atoms with Gasteiger partial charge in [-0.3, -0.25) is 4.98 Å². The zero-order valence-electron chi connectivity index (χ0n) is 13.0. The molecule has 1 aromatic carbocycles. The third-order valence-corrected chi connectivity index (χ3v) is 4.12. The minimum absolute atomic E-state index is 0.269. The Kier molecular flexibility index (Phi) is 4.92. The number of hydrogen-bond donors (Lipinski definition) is 0. The number of rotatable bonds is 6. The van der Waals surface area contributed by atoms with Crippen LogP contribution in [0.4, 0.5) is 0 Å². The number of hydrogen-bond acceptors (Lipinski definition) is 6. The number of thioether (sulfide) groups is 1. The molecular weight excluding hydrogens is 310 g/mol. The number of pyridine rings is 1. The summed E-state index contributed by atoms with van der Waals surface area (Å²) in [6.45, 7) is 4.31. The highest BCUT2D eigenvalue weighted by molar-refractivity contribution is 7.98. The number of nitrogens with zero attached hydrogens (tertiary/aromatic N) is 3. The van der Waals surface area contributed by atoms with Crippen molar-refractivity contribution in [3.63, 3.8) is 0 Å². The summed E-state index contributed by atoms with van der Waals surface area (Å²) >= 11 is 1.49. The summed E-state index contributed by atoms with van der Waals surface area (Å²) in [6.07, 6.45) is 3.58. The molecule has 23 heavy (non-hydrogen) atoms. The highest BCUT2D eigenvalue weighted by Gasteiger charge is 2.09. The van der Waals surface area contributed by atoms with E-state index < -0.39 is 0 Å². The Bertz CT molecular complexity index is 775. The Balaban J connectivity index is 1.56. The molecule has 0 atom stereocenters. The molecule has 2 heterocycles. The maximum Gasteiger partial charge on any atom is 0.277 e. The quantitative estimate of drug-likeness (QED) is 0.639. The molecule has 0 spiro atoms. The molecule has 3 rings (SSSR count). The van der Waals surface area contributed by atoms with Gasteiger partial charge < -0.3 is 9.15 Å². The SMILES string of the molecule is Cc1ccc(C)c(OCc2nnc(SCc3cccnc3)o2)c1. The molecule has 118 valence electrons. The number of aromatic nitrogens is 3. The van der Waals surface area contributed by atoms with Gasteiger partial charge in [0, 0.05) is 18.1 Å². The molecule has 0 saturated carbocycles. The maximum atomic E-state index is 5.76. The third kappa shape index (κ3) is 4.32. The van der Waals surface area contributed by atoms with E-state index in [0.717, 1.165) is 28.2 Å². The lowest BCUT2D eigenvalue weighted by molar-refractivity contribution is 0.250. The first-order valence-electron chi connectivity index (χ1n) is 7.25. The van der Waals surface area contributed by atoms with E-state index in [1.165, 1.54) is 11.8 Å². The standard InChI is InChI=1S/C17H17N3O2S/c1-12-5-6-13(2)15(8-12)21-10-16-19-20-17(22-16)23-11-14-4-3-7-18-9-14/h3-9H,10-11H2,1-2H3. The summed E-state index contributed by atoms with van der Waals surface area (Å²) in [5, 5.41) is 8.58. The second kappa shape index (κ2) is 7.28. The van der Waals surface area contributed by atoms with Crippen molar-refractivity contribution in [2.24, 2.45) is 0 Å². The first kappa shape index (κ1) is 15.6. The average molecular weight is 327 g/mol. The zero-order chi connectivity index (χ0) is 16.1. The minimum Gasteiger partial charge on any atom is -0.484 e. The fraction of sp³-hybridized carbons (Fsp3) is 0.235. The fourth-order valence-corrected chi connectivity index (χ4v) is 2.70. The molecule has 0 aliphatic rings. The summed E-state index contributed by atoms with van der Waals surface area (Å²) in [7, 11) is 0. The van der Waals surface area contributed by atoms with E-state index in [0.29, 0.717) is 11.1 Å². The van der Waals surface area contributed by atoms with Crippen LogP contribution in [0.3, 0.4) is 0 Å². The van der Waals surface area contributed by atoms with E-state index in [9.17, 15) is 0 Å². The van der Waals surface area contributed by atoms with Crippen molar-refractivity contribution in [1.82, 2.24) is 15.2 Å². The van der Waals surface area contributed by atoms with Crippen molar-refractivity contribution in [2.75, 3.05) is 0 Å². The number of aryl methyl sites for hydroxylation is 2. The van der Waals surface area contributed by atoms with Crippen LogP contribution in [0.1, 0.15) is 22.6 Å². The van der Waals surface area contributed by atoms with Gasteiger partial charge >= 0.3 is 0 Å². The molecular formula is C17H17N3O2S. The summed E-state index contributed by atoms with van der Waals surface area (Å²) in [6, 6.07) is 10.0. The average Bonchev–Trinajstić information content (AvgIpc) is 3.03. The molecule has 0 unspecified atom stereocenters. The smallest absolute Gasteiger partial charge is 0.277 e. The van der Waals surface area contributed by atoms with Crippen molar-refractivity contribution in [1.29, 1.82) is 0 Å². The number of benzene rings is 1. The van der Waals surface area contributed by atoms with E-state index in [1.807, 2.05) is 44.3 Å². The van der Waals surface area contributed by atoms with Crippen molar-refractivity contribution >= 4 is 11.8 Å². The molecule has 0 N–H and O–H groups in total. The van der Waals surface area contributed by atoms with Crippen LogP contribution in [0.15, 0.2) is 52.4 Å². The second-order valence-corrected chi connectivity index (χ2v) is 6.10. The van der Waals surface area contributed by atoms with Gasteiger partial charge in [0.05, 0.1) is 0 Å². The van der Waals surface area contributed by atoms with E-state index >= 15 is 0 Å². The highest BCUT2D eigenvalue weighted by Crippen LogP contribution is 2.23. The largest absolute Gasteiger partial charge is 0.484 e. The summed E-state index contributed by atoms with van der Waals surface area (Å²) in [5.74, 6) is 2.06. The fourth-order valence-electron chi connectivity index (χ4n) is 1.99. The van der Waals surface area contributed by atoms with Gasteiger partial charge in [0.25, 0.3) is 11.1 Å². The molecule has 0 aliphatic heterocycles. The van der Waals surface area contributed by atoms with Crippen molar-refractivity contribution < 1.29 is 9.15 Å². The molecule has 0 radical (unpaired) electrons. The van der Waals surface area contributed by atoms with Crippen LogP contribution < -0.4 is 4.74 Å². The topological polar surface area (TPSA) is 61.0 Å². The predicted molar refractivity (Wildman–Crippen MR) is 88.3 cm³/mol. The molecule has 0 aliphatic carbocycles. The molecule has 5 nitrogen and oxygen atoms in total. The first-order chi connectivity index (χ1) is 11.2. The van der Waals surface area contributed by atoms with Gasteiger partial charge in [-0.05, 0) is 42.7 Å². The van der Waals surface area contributed by atoms with Crippen LogP contribution in [0.5, 0.6) is 5.75 Å². The molecule has 6 heteroatoms. The lowest BCUT2D eigenvalue weighted by atomic mass is 10.1. The molecule has 0 amide bonds. The summed E-state index contributed by atoms with van der Waals surface area (Å²) in [4.78, 5) is 4.08. The zero-order valence-corrected chi connectivity index (χ0v) is 13.8. The van der Waals surface area contributed by atoms with Gasteiger partial charge in [0.2, 0.25) is 0 Å². The molecule has 0 saturated heterocycles. The lowest BCUT2D eigenvalue weighted by Gasteiger charge is -2.07. The summed E-state index contributed by atoms with van der Waals surface area (Å²) in [5.41, 5.74) is 3.36. The second-order valence-electron chi connectivity index (χ2n) is 5.17. The van der Waals surface area contributed by atoms with Gasteiger partial charge in [0.15, 0.2) is 6.61 Å². The number of ether oxygens (including phenoxy) is 1. The normalized spacial score (nSPS) is 10.7. The lowest BCUT2D eigenvalue weighted by Crippen LogP contribution is -1.97. The van der Waals surface area contributed by atoms with Crippen LogP contribution >= 0.6 is 11.8 Å². The van der Waals surface area contributed by atoms with E-state index in [-0.39, 0.29) is 6.61 Å². The Morgan fingerprint density at radius 1 is 1.17 bits per heavy atom. The Hall–Kier alpha value is -2.34. The van der Waals surface area contributed by atoms with Crippen LogP contribution in [-0.4, -0.2) is 15.2 Å². The van der Waals surface area contributed by atoms with E-state index in [4.69, 9.17) is 9.15 Å². The highest BCUT2D eigenvalue weighted by atomic mass is 32.2. The van der Waals surface area contributed by atoms with E-state index in [2.05, 4.69) is 21.2 Å². The Morgan fingerprint density at radius 2 is 2.09 bits per heavy atom. The molecule has 0 bridgehead atoms. The van der Waals surface area contributed by atoms with Crippen LogP contribution in [0, 0.1) is 13.8 Å². The monoisotopic (exact) mass is 327 g/mol. The molecule has 2 aromatic heterocycles. The van der Waals surface area contributed by atoms with Gasteiger partial charge in [-0.15, -0.1) is 10.2 Å². The van der Waals surface area contributed by atoms with Crippen LogP contribution in [0.2, 0.25) is 0 Å². The van der Waals surface area contributed by atoms with Crippen LogP contribution in [0.25, 0.3) is 0 Å². The Labute approximate surface area is 139 Å². The van der Waals surface area contributed by atoms with Crippen molar-refractivity contribution in [2.45, 2.75) is 31.4 Å². The van der Waals surface area contributed by atoms with Crippen molar-refractivity contribution in [3.8, 4) is 5.75 Å². The van der Waals surface area contributed by atoms with Crippen LogP contribution in [-0.2, 0) is 12.4 Å². The maximum absolute atomic E-state index is 5.76. The van der Waals surface area contributed by atoms with Gasteiger partial charge in [-0.25, -0.2) is 0 Å². The summed E-state index contributed by atoms with van der Waals surface area (Å²) < 4.78 is 11.4. The van der Waals surface area contributed by atoms with Crippen molar-refractivity contribution in [3.05, 3.63) is 65.3 Å². The Morgan fingerprint density at radius 3 is 2.91 bits per heavy atom.